The molecule has 2 unspecified atom stereocenters. The summed E-state index contributed by atoms with van der Waals surface area (Å²) in [5, 5.41) is 3.59. The standard InChI is InChI=1S/C17H25BrFNO/c1-2-6-20-16(12-17-5-3-4-7-21-17)10-13-8-14(18)11-15(19)9-13/h8-9,11,16-17,20H,2-7,10,12H2,1H3. The summed E-state index contributed by atoms with van der Waals surface area (Å²) in [6, 6.07) is 5.49. The zero-order valence-corrected chi connectivity index (χ0v) is 14.3. The fraction of sp³-hybridized carbons (Fsp3) is 0.647. The van der Waals surface area contributed by atoms with Crippen LogP contribution in [0.5, 0.6) is 0 Å². The average molecular weight is 358 g/mol. The third-order valence-electron chi connectivity index (χ3n) is 3.91. The molecule has 118 valence electrons. The van der Waals surface area contributed by atoms with Crippen LogP contribution in [0.15, 0.2) is 22.7 Å². The maximum absolute atomic E-state index is 13.5. The van der Waals surface area contributed by atoms with E-state index in [1.165, 1.54) is 18.9 Å². The first-order valence-electron chi connectivity index (χ1n) is 7.97. The normalized spacial score (nSPS) is 20.4. The second-order valence-electron chi connectivity index (χ2n) is 5.86. The van der Waals surface area contributed by atoms with Gasteiger partial charge in [0.1, 0.15) is 5.82 Å². The first-order valence-corrected chi connectivity index (χ1v) is 8.76. The number of ether oxygens (including phenoxy) is 1. The lowest BCUT2D eigenvalue weighted by Crippen LogP contribution is -2.36. The van der Waals surface area contributed by atoms with Crippen LogP contribution in [-0.4, -0.2) is 25.3 Å². The van der Waals surface area contributed by atoms with Gasteiger partial charge in [-0.05, 0) is 68.8 Å². The topological polar surface area (TPSA) is 21.3 Å². The van der Waals surface area contributed by atoms with Gasteiger partial charge in [-0.25, -0.2) is 4.39 Å². The largest absolute Gasteiger partial charge is 0.378 e. The molecule has 1 aliphatic rings. The number of benzene rings is 1. The number of hydrogen-bond acceptors (Lipinski definition) is 2. The fourth-order valence-electron chi connectivity index (χ4n) is 2.91. The van der Waals surface area contributed by atoms with E-state index in [0.717, 1.165) is 48.9 Å². The van der Waals surface area contributed by atoms with Crippen molar-refractivity contribution >= 4 is 15.9 Å². The van der Waals surface area contributed by atoms with Gasteiger partial charge in [0, 0.05) is 17.1 Å². The van der Waals surface area contributed by atoms with Gasteiger partial charge >= 0.3 is 0 Å². The van der Waals surface area contributed by atoms with Gasteiger partial charge in [0.2, 0.25) is 0 Å². The van der Waals surface area contributed by atoms with Crippen LogP contribution in [0.1, 0.15) is 44.6 Å². The molecule has 1 heterocycles. The molecule has 4 heteroatoms. The Morgan fingerprint density at radius 1 is 1.38 bits per heavy atom. The van der Waals surface area contributed by atoms with Gasteiger partial charge < -0.3 is 10.1 Å². The lowest BCUT2D eigenvalue weighted by Gasteiger charge is -2.28. The quantitative estimate of drug-likeness (QED) is 0.777. The van der Waals surface area contributed by atoms with E-state index in [1.54, 1.807) is 6.07 Å². The van der Waals surface area contributed by atoms with E-state index < -0.39 is 0 Å². The minimum atomic E-state index is -0.178. The van der Waals surface area contributed by atoms with Crippen molar-refractivity contribution in [2.24, 2.45) is 0 Å². The van der Waals surface area contributed by atoms with Crippen molar-refractivity contribution < 1.29 is 9.13 Å². The SMILES string of the molecule is CCCNC(Cc1cc(F)cc(Br)c1)CC1CCCCO1. The minimum absolute atomic E-state index is 0.178. The summed E-state index contributed by atoms with van der Waals surface area (Å²) < 4.78 is 20.2. The maximum atomic E-state index is 13.5. The minimum Gasteiger partial charge on any atom is -0.378 e. The molecule has 2 nitrogen and oxygen atoms in total. The number of nitrogens with one attached hydrogen (secondary N) is 1. The maximum Gasteiger partial charge on any atom is 0.124 e. The van der Waals surface area contributed by atoms with Gasteiger partial charge in [0.05, 0.1) is 6.10 Å². The smallest absolute Gasteiger partial charge is 0.124 e. The highest BCUT2D eigenvalue weighted by Gasteiger charge is 2.19. The van der Waals surface area contributed by atoms with Crippen molar-refractivity contribution in [2.75, 3.05) is 13.2 Å². The van der Waals surface area contributed by atoms with Crippen molar-refractivity contribution in [3.05, 3.63) is 34.1 Å². The van der Waals surface area contributed by atoms with Gasteiger partial charge in [-0.3, -0.25) is 0 Å². The van der Waals surface area contributed by atoms with Crippen LogP contribution < -0.4 is 5.32 Å². The Labute approximate surface area is 135 Å². The molecule has 2 atom stereocenters. The Kier molecular flexibility index (Phi) is 7.14. The second kappa shape index (κ2) is 8.86. The van der Waals surface area contributed by atoms with Gasteiger partial charge in [-0.15, -0.1) is 0 Å². The molecule has 21 heavy (non-hydrogen) atoms. The first kappa shape index (κ1) is 16.9. The molecule has 2 rings (SSSR count). The molecule has 0 saturated carbocycles. The molecular weight excluding hydrogens is 333 g/mol. The van der Waals surface area contributed by atoms with Crippen LogP contribution in [0.25, 0.3) is 0 Å². The highest BCUT2D eigenvalue weighted by molar-refractivity contribution is 9.10. The molecule has 0 radical (unpaired) electrons. The Bertz CT molecular complexity index is 415. The number of rotatable bonds is 7. The third kappa shape index (κ3) is 6.05. The zero-order valence-electron chi connectivity index (χ0n) is 12.7. The van der Waals surface area contributed by atoms with E-state index in [0.29, 0.717) is 12.1 Å². The molecule has 1 aliphatic heterocycles. The molecule has 0 amide bonds. The molecule has 0 aliphatic carbocycles. The van der Waals surface area contributed by atoms with E-state index in [4.69, 9.17) is 4.74 Å². The lowest BCUT2D eigenvalue weighted by atomic mass is 9.96. The molecule has 1 aromatic carbocycles. The van der Waals surface area contributed by atoms with Crippen LogP contribution in [0.3, 0.4) is 0 Å². The van der Waals surface area contributed by atoms with Gasteiger partial charge in [-0.2, -0.15) is 0 Å². The van der Waals surface area contributed by atoms with Gasteiger partial charge in [-0.1, -0.05) is 22.9 Å². The van der Waals surface area contributed by atoms with Crippen molar-refractivity contribution in [1.82, 2.24) is 5.32 Å². The van der Waals surface area contributed by atoms with Crippen molar-refractivity contribution in [1.29, 1.82) is 0 Å². The highest BCUT2D eigenvalue weighted by atomic mass is 79.9. The van der Waals surface area contributed by atoms with E-state index in [-0.39, 0.29) is 5.82 Å². The summed E-state index contributed by atoms with van der Waals surface area (Å²) >= 11 is 3.37. The summed E-state index contributed by atoms with van der Waals surface area (Å²) in [6.45, 7) is 4.05. The third-order valence-corrected chi connectivity index (χ3v) is 4.37. The molecule has 0 aromatic heterocycles. The lowest BCUT2D eigenvalue weighted by molar-refractivity contribution is 0.00526. The number of hydrogen-bond donors (Lipinski definition) is 1. The summed E-state index contributed by atoms with van der Waals surface area (Å²) in [7, 11) is 0. The van der Waals surface area contributed by atoms with Crippen molar-refractivity contribution in [2.45, 2.75) is 57.6 Å². The van der Waals surface area contributed by atoms with Crippen LogP contribution >= 0.6 is 15.9 Å². The van der Waals surface area contributed by atoms with Crippen LogP contribution in [-0.2, 0) is 11.2 Å². The van der Waals surface area contributed by atoms with E-state index in [2.05, 4.69) is 28.2 Å². The zero-order chi connectivity index (χ0) is 15.1. The van der Waals surface area contributed by atoms with Crippen molar-refractivity contribution in [3.63, 3.8) is 0 Å². The summed E-state index contributed by atoms with van der Waals surface area (Å²) in [6.07, 6.45) is 6.90. The molecular formula is C17H25BrFNO. The van der Waals surface area contributed by atoms with E-state index >= 15 is 0 Å². The second-order valence-corrected chi connectivity index (χ2v) is 6.77. The average Bonchev–Trinajstić information content (AvgIpc) is 2.45. The van der Waals surface area contributed by atoms with E-state index in [1.807, 2.05) is 6.07 Å². The van der Waals surface area contributed by atoms with Crippen LogP contribution in [0.4, 0.5) is 4.39 Å². The number of halogens is 2. The molecule has 0 spiro atoms. The summed E-state index contributed by atoms with van der Waals surface area (Å²) in [5.41, 5.74) is 1.03. The molecule has 1 fully saturated rings. The van der Waals surface area contributed by atoms with Crippen LogP contribution in [0, 0.1) is 5.82 Å². The Balaban J connectivity index is 1.97. The molecule has 1 N–H and O–H groups in total. The first-order chi connectivity index (χ1) is 10.2. The molecule has 1 saturated heterocycles. The van der Waals surface area contributed by atoms with Crippen molar-refractivity contribution in [3.8, 4) is 0 Å². The Morgan fingerprint density at radius 2 is 2.24 bits per heavy atom. The Morgan fingerprint density at radius 3 is 2.90 bits per heavy atom. The Hall–Kier alpha value is -0.450. The van der Waals surface area contributed by atoms with E-state index in [9.17, 15) is 4.39 Å². The van der Waals surface area contributed by atoms with Gasteiger partial charge in [0.15, 0.2) is 0 Å². The predicted molar refractivity (Wildman–Crippen MR) is 88.1 cm³/mol. The highest BCUT2D eigenvalue weighted by Crippen LogP contribution is 2.21. The summed E-state index contributed by atoms with van der Waals surface area (Å²) in [5.74, 6) is -0.178. The molecule has 0 bridgehead atoms. The predicted octanol–water partition coefficient (Wildman–Crippen LogP) is 4.46. The fourth-order valence-corrected chi connectivity index (χ4v) is 3.42. The van der Waals surface area contributed by atoms with Crippen LogP contribution in [0.2, 0.25) is 0 Å². The molecule has 1 aromatic rings. The summed E-state index contributed by atoms with van der Waals surface area (Å²) in [4.78, 5) is 0. The monoisotopic (exact) mass is 357 g/mol. The van der Waals surface area contributed by atoms with Gasteiger partial charge in [0.25, 0.3) is 0 Å².